The third-order valence-corrected chi connectivity index (χ3v) is 5.77. The number of halogens is 1. The van der Waals surface area contributed by atoms with Gasteiger partial charge in [0.25, 0.3) is 5.91 Å². The molecule has 3 rings (SSSR count). The van der Waals surface area contributed by atoms with E-state index in [9.17, 15) is 9.59 Å². The number of nitrogens with zero attached hydrogens (tertiary/aromatic N) is 1. The molecule has 0 unspecified atom stereocenters. The molecule has 0 saturated heterocycles. The number of nitrogens with one attached hydrogen (secondary N) is 1. The van der Waals surface area contributed by atoms with Gasteiger partial charge in [-0.3, -0.25) is 9.59 Å². The van der Waals surface area contributed by atoms with Crippen LogP contribution in [0.1, 0.15) is 38.4 Å². The van der Waals surface area contributed by atoms with Crippen LogP contribution >= 0.6 is 11.6 Å². The van der Waals surface area contributed by atoms with Crippen LogP contribution in [0.25, 0.3) is 0 Å². The molecule has 2 aromatic carbocycles. The average molecular weight is 409 g/mol. The maximum atomic E-state index is 13.1. The smallest absolute Gasteiger partial charge is 0.261 e. The van der Waals surface area contributed by atoms with E-state index in [-0.39, 0.29) is 10.6 Å². The van der Waals surface area contributed by atoms with Gasteiger partial charge in [-0.05, 0) is 50.8 Å². The number of hydrogen-bond donors (Lipinski definition) is 1. The standard InChI is InChI=1S/C24H25ClN2O2/c1-15-9-8-10-16(2)22(15)26-24(29)20-17(3)27(18(4)21(25)23(20)28)14-13-19-11-6-5-7-12-19/h5-12H,13-14H2,1-4H3,(H,26,29). The van der Waals surface area contributed by atoms with Gasteiger partial charge in [0.1, 0.15) is 10.6 Å². The first-order valence-electron chi connectivity index (χ1n) is 9.62. The van der Waals surface area contributed by atoms with E-state index in [4.69, 9.17) is 11.6 Å². The van der Waals surface area contributed by atoms with Gasteiger partial charge in [-0.25, -0.2) is 0 Å². The van der Waals surface area contributed by atoms with E-state index in [1.807, 2.05) is 61.7 Å². The largest absolute Gasteiger partial charge is 0.346 e. The topological polar surface area (TPSA) is 51.1 Å². The Balaban J connectivity index is 1.99. The highest BCUT2D eigenvalue weighted by Crippen LogP contribution is 2.22. The maximum Gasteiger partial charge on any atom is 0.261 e. The van der Waals surface area contributed by atoms with Crippen molar-refractivity contribution >= 4 is 23.2 Å². The molecule has 0 radical (unpaired) electrons. The Morgan fingerprint density at radius 1 is 0.931 bits per heavy atom. The Morgan fingerprint density at radius 3 is 2.17 bits per heavy atom. The lowest BCUT2D eigenvalue weighted by atomic mass is 10.1. The molecule has 0 aliphatic heterocycles. The summed E-state index contributed by atoms with van der Waals surface area (Å²) in [6.45, 7) is 8.10. The molecule has 0 aliphatic rings. The first-order valence-corrected chi connectivity index (χ1v) is 10.00. The molecule has 5 heteroatoms. The summed E-state index contributed by atoms with van der Waals surface area (Å²) in [6, 6.07) is 15.9. The molecule has 0 atom stereocenters. The third kappa shape index (κ3) is 4.28. The summed E-state index contributed by atoms with van der Waals surface area (Å²) in [5.74, 6) is -0.430. The summed E-state index contributed by atoms with van der Waals surface area (Å²) in [6.07, 6.45) is 0.777. The lowest BCUT2D eigenvalue weighted by Crippen LogP contribution is -2.29. The molecule has 0 spiro atoms. The van der Waals surface area contributed by atoms with Crippen LogP contribution in [0.4, 0.5) is 5.69 Å². The van der Waals surface area contributed by atoms with Crippen molar-refractivity contribution in [2.45, 2.75) is 40.7 Å². The molecule has 3 aromatic rings. The normalized spacial score (nSPS) is 10.8. The molecule has 1 N–H and O–H groups in total. The highest BCUT2D eigenvalue weighted by atomic mass is 35.5. The molecule has 1 aromatic heterocycles. The number of rotatable bonds is 5. The third-order valence-electron chi connectivity index (χ3n) is 5.33. The maximum absolute atomic E-state index is 13.1. The van der Waals surface area contributed by atoms with Gasteiger partial charge in [0.05, 0.1) is 0 Å². The van der Waals surface area contributed by atoms with Crippen LogP contribution in [0.2, 0.25) is 5.02 Å². The van der Waals surface area contributed by atoms with Crippen LogP contribution in [0.15, 0.2) is 53.3 Å². The van der Waals surface area contributed by atoms with E-state index in [1.54, 1.807) is 6.92 Å². The van der Waals surface area contributed by atoms with E-state index < -0.39 is 11.3 Å². The molecular formula is C24H25ClN2O2. The summed E-state index contributed by atoms with van der Waals surface area (Å²) in [4.78, 5) is 25.9. The van der Waals surface area contributed by atoms with Crippen LogP contribution in [0.5, 0.6) is 0 Å². The van der Waals surface area contributed by atoms with Crippen molar-refractivity contribution in [1.82, 2.24) is 4.57 Å². The average Bonchev–Trinajstić information content (AvgIpc) is 2.70. The van der Waals surface area contributed by atoms with Gasteiger partial charge >= 0.3 is 0 Å². The quantitative estimate of drug-likeness (QED) is 0.628. The fraction of sp³-hybridized carbons (Fsp3) is 0.250. The molecule has 0 aliphatic carbocycles. The second-order valence-corrected chi connectivity index (χ2v) is 7.68. The summed E-state index contributed by atoms with van der Waals surface area (Å²) < 4.78 is 1.95. The minimum absolute atomic E-state index is 0.0929. The Hall–Kier alpha value is -2.85. The Labute approximate surface area is 176 Å². The lowest BCUT2D eigenvalue weighted by Gasteiger charge is -2.19. The van der Waals surface area contributed by atoms with E-state index >= 15 is 0 Å². The number of para-hydroxylation sites is 1. The van der Waals surface area contributed by atoms with Crippen LogP contribution < -0.4 is 10.7 Å². The zero-order valence-electron chi connectivity index (χ0n) is 17.2. The van der Waals surface area contributed by atoms with Crippen LogP contribution in [0.3, 0.4) is 0 Å². The predicted molar refractivity (Wildman–Crippen MR) is 119 cm³/mol. The van der Waals surface area contributed by atoms with Crippen LogP contribution in [-0.4, -0.2) is 10.5 Å². The summed E-state index contributed by atoms with van der Waals surface area (Å²) in [5, 5.41) is 3.01. The first kappa shape index (κ1) is 20.9. The SMILES string of the molecule is Cc1cccc(C)c1NC(=O)c1c(C)n(CCc2ccccc2)c(C)c(Cl)c1=O. The Bertz CT molecular complexity index is 1100. The highest BCUT2D eigenvalue weighted by Gasteiger charge is 2.22. The number of carbonyl (C=O) groups is 1. The van der Waals surface area contributed by atoms with Crippen molar-refractivity contribution in [3.8, 4) is 0 Å². The lowest BCUT2D eigenvalue weighted by molar-refractivity contribution is 0.102. The molecule has 1 amide bonds. The first-order chi connectivity index (χ1) is 13.8. The number of carbonyl (C=O) groups excluding carboxylic acids is 1. The van der Waals surface area contributed by atoms with E-state index in [2.05, 4.69) is 17.4 Å². The second-order valence-electron chi connectivity index (χ2n) is 7.30. The number of aromatic nitrogens is 1. The van der Waals surface area contributed by atoms with Gasteiger partial charge in [0.2, 0.25) is 5.43 Å². The summed E-state index contributed by atoms with van der Waals surface area (Å²) in [7, 11) is 0. The van der Waals surface area contributed by atoms with E-state index in [0.29, 0.717) is 17.9 Å². The van der Waals surface area contributed by atoms with Gasteiger partial charge in [-0.15, -0.1) is 0 Å². The second kappa shape index (κ2) is 8.66. The van der Waals surface area contributed by atoms with Crippen molar-refractivity contribution in [2.24, 2.45) is 0 Å². The number of aryl methyl sites for hydroxylation is 3. The number of anilines is 1. The molecule has 1 heterocycles. The van der Waals surface area contributed by atoms with Crippen molar-refractivity contribution in [2.75, 3.05) is 5.32 Å². The van der Waals surface area contributed by atoms with E-state index in [0.717, 1.165) is 23.2 Å². The number of amides is 1. The van der Waals surface area contributed by atoms with Gasteiger partial charge in [-0.2, -0.15) is 0 Å². The number of benzene rings is 2. The van der Waals surface area contributed by atoms with Gasteiger partial charge < -0.3 is 9.88 Å². The molecular weight excluding hydrogens is 384 g/mol. The van der Waals surface area contributed by atoms with Crippen LogP contribution in [0, 0.1) is 27.7 Å². The Kier molecular flexibility index (Phi) is 6.23. The van der Waals surface area contributed by atoms with Crippen LogP contribution in [-0.2, 0) is 13.0 Å². The minimum Gasteiger partial charge on any atom is -0.346 e. The van der Waals surface area contributed by atoms with Crippen molar-refractivity contribution in [3.63, 3.8) is 0 Å². The van der Waals surface area contributed by atoms with Gasteiger partial charge in [0, 0.05) is 23.6 Å². The molecule has 0 saturated carbocycles. The highest BCUT2D eigenvalue weighted by molar-refractivity contribution is 6.31. The van der Waals surface area contributed by atoms with Gasteiger partial charge in [-0.1, -0.05) is 60.1 Å². The summed E-state index contributed by atoms with van der Waals surface area (Å²) in [5.41, 5.74) is 4.76. The minimum atomic E-state index is -0.430. The molecule has 29 heavy (non-hydrogen) atoms. The summed E-state index contributed by atoms with van der Waals surface area (Å²) >= 11 is 6.34. The molecule has 4 nitrogen and oxygen atoms in total. The zero-order valence-corrected chi connectivity index (χ0v) is 17.9. The fourth-order valence-electron chi connectivity index (χ4n) is 3.62. The van der Waals surface area contributed by atoms with Crippen molar-refractivity contribution in [3.05, 3.63) is 97.4 Å². The van der Waals surface area contributed by atoms with E-state index in [1.165, 1.54) is 5.56 Å². The molecule has 0 bridgehead atoms. The fourth-order valence-corrected chi connectivity index (χ4v) is 3.82. The van der Waals surface area contributed by atoms with Gasteiger partial charge in [0.15, 0.2) is 0 Å². The van der Waals surface area contributed by atoms with Crippen molar-refractivity contribution in [1.29, 1.82) is 0 Å². The number of pyridine rings is 1. The molecule has 0 fully saturated rings. The number of hydrogen-bond acceptors (Lipinski definition) is 2. The predicted octanol–water partition coefficient (Wildman–Crippen LogP) is 5.23. The van der Waals surface area contributed by atoms with Crippen molar-refractivity contribution < 1.29 is 4.79 Å². The monoisotopic (exact) mass is 408 g/mol. The zero-order chi connectivity index (χ0) is 21.1. The molecule has 150 valence electrons. The Morgan fingerprint density at radius 2 is 1.55 bits per heavy atom.